The van der Waals surface area contributed by atoms with Crippen molar-refractivity contribution in [2.75, 3.05) is 36.2 Å². The van der Waals surface area contributed by atoms with E-state index in [-0.39, 0.29) is 48.2 Å². The smallest absolute Gasteiger partial charge is 0.259 e. The third-order valence-electron chi connectivity index (χ3n) is 12.4. The fourth-order valence-corrected chi connectivity index (χ4v) is 9.85. The summed E-state index contributed by atoms with van der Waals surface area (Å²) in [6, 6.07) is 16.7. The summed E-state index contributed by atoms with van der Waals surface area (Å²) in [4.78, 5) is 79.6. The van der Waals surface area contributed by atoms with E-state index in [9.17, 15) is 37.9 Å². The van der Waals surface area contributed by atoms with Crippen LogP contribution in [0.3, 0.4) is 0 Å². The zero-order valence-electron chi connectivity index (χ0n) is 40.8. The average molecular weight is 1010 g/mol. The summed E-state index contributed by atoms with van der Waals surface area (Å²) in [5.41, 5.74) is 2.88. The molecule has 0 bridgehead atoms. The zero-order chi connectivity index (χ0) is 51.6. The SMILES string of the molecule is [C-]#[N+]c1ccc(N2C(=O)C(C)(C)N(c3ccc(OCCCCCOCCCC(=O)CC(=O)N[C@H](C(=O)N4C[C@H](O)C[C@H]4C(=O)NCc4ccc(-c5scnc5C)cc4)C(C)(C)C)cc3)C2=S)cc1C(F)F. The molecule has 2 saturated heterocycles. The van der Waals surface area contributed by atoms with E-state index in [0.29, 0.717) is 37.7 Å². The first-order chi connectivity index (χ1) is 33.7. The van der Waals surface area contributed by atoms with Crippen molar-refractivity contribution in [2.24, 2.45) is 5.41 Å². The Balaban J connectivity index is 0.863. The van der Waals surface area contributed by atoms with Crippen molar-refractivity contribution >= 4 is 75.1 Å². The van der Waals surface area contributed by atoms with Gasteiger partial charge in [0.15, 0.2) is 10.8 Å². The Morgan fingerprint density at radius 1 is 0.986 bits per heavy atom. The van der Waals surface area contributed by atoms with Crippen molar-refractivity contribution in [3.8, 4) is 16.2 Å². The number of benzene rings is 3. The van der Waals surface area contributed by atoms with E-state index in [0.717, 1.165) is 47.0 Å². The third-order valence-corrected chi connectivity index (χ3v) is 13.7. The Bertz CT molecular complexity index is 2610. The number of rotatable bonds is 22. The standard InChI is InChI=1S/C52H61F2N7O8S2/c1-32-44(71-31-57-32)34-15-13-33(14-16-34)29-56-47(65)42-27-38(63)30-59(42)48(66)45(51(2,3)4)58-43(64)28-37(62)12-11-24-68-23-9-8-10-25-69-39-20-17-35(18-21-39)61-50(70)60(49(67)52(61,5)6)36-19-22-41(55-7)40(26-36)46(53)54/h13-22,26,31,38,42,45-46,63H,8-12,23-25,27-30H2,1-6H3,(H,56,65)(H,58,64)/t38-,42+,45-/m1/s1. The van der Waals surface area contributed by atoms with E-state index < -0.39 is 71.2 Å². The van der Waals surface area contributed by atoms with Gasteiger partial charge in [0.05, 0.1) is 41.8 Å². The normalized spacial score (nSPS) is 17.1. The number of ketones is 1. The fourth-order valence-electron chi connectivity index (χ4n) is 8.51. The molecule has 4 amide bonds. The summed E-state index contributed by atoms with van der Waals surface area (Å²) in [5, 5.41) is 16.3. The number of likely N-dealkylation sites (tertiary alicyclic amines) is 1. The number of unbranched alkanes of at least 4 members (excludes halogenated alkanes) is 2. The molecular weight excluding hydrogens is 953 g/mol. The first-order valence-corrected chi connectivity index (χ1v) is 24.9. The summed E-state index contributed by atoms with van der Waals surface area (Å²) >= 11 is 7.25. The van der Waals surface area contributed by atoms with Crippen molar-refractivity contribution in [3.05, 3.63) is 100 Å². The lowest BCUT2D eigenvalue weighted by atomic mass is 9.85. The summed E-state index contributed by atoms with van der Waals surface area (Å²) in [7, 11) is 0. The maximum Gasteiger partial charge on any atom is 0.259 e. The predicted octanol–water partition coefficient (Wildman–Crippen LogP) is 8.64. The molecule has 2 fully saturated rings. The number of thiazole rings is 1. The van der Waals surface area contributed by atoms with Crippen LogP contribution in [0.5, 0.6) is 5.75 Å². The van der Waals surface area contributed by atoms with Crippen LogP contribution < -0.4 is 25.2 Å². The van der Waals surface area contributed by atoms with E-state index in [1.165, 1.54) is 21.9 Å². The van der Waals surface area contributed by atoms with Gasteiger partial charge in [-0.25, -0.2) is 18.6 Å². The Hall–Kier alpha value is -6.20. The molecule has 378 valence electrons. The number of thiocarbonyl (C=S) groups is 1. The van der Waals surface area contributed by atoms with Crippen molar-refractivity contribution in [1.82, 2.24) is 20.5 Å². The summed E-state index contributed by atoms with van der Waals surface area (Å²) in [6.45, 7) is 19.3. The minimum atomic E-state index is -2.89. The fraction of sp³-hybridized carbons (Fsp3) is 0.462. The number of halogens is 2. The second kappa shape index (κ2) is 23.8. The third kappa shape index (κ3) is 13.4. The van der Waals surface area contributed by atoms with Crippen LogP contribution in [-0.2, 0) is 35.3 Å². The lowest BCUT2D eigenvalue weighted by Crippen LogP contribution is -2.57. The van der Waals surface area contributed by atoms with Crippen LogP contribution in [-0.4, -0.2) is 99.6 Å². The number of alkyl halides is 2. The Kier molecular flexibility index (Phi) is 18.2. The number of anilines is 2. The minimum Gasteiger partial charge on any atom is -0.494 e. The maximum atomic E-state index is 14.0. The van der Waals surface area contributed by atoms with E-state index in [1.54, 1.807) is 80.6 Å². The number of ether oxygens (including phenoxy) is 2. The number of Topliss-reactive ketones (excluding diaryl/α,β-unsaturated/α-hetero) is 1. The number of aryl methyl sites for hydroxylation is 1. The Morgan fingerprint density at radius 2 is 1.66 bits per heavy atom. The van der Waals surface area contributed by atoms with Gasteiger partial charge < -0.3 is 35.0 Å². The van der Waals surface area contributed by atoms with Crippen molar-refractivity contribution in [1.29, 1.82) is 0 Å². The molecule has 3 N–H and O–H groups in total. The highest BCUT2D eigenvalue weighted by molar-refractivity contribution is 7.81. The van der Waals surface area contributed by atoms with Crippen LogP contribution in [0, 0.1) is 18.9 Å². The molecule has 0 radical (unpaired) electrons. The summed E-state index contributed by atoms with van der Waals surface area (Å²) < 4.78 is 39.0. The van der Waals surface area contributed by atoms with Gasteiger partial charge in [0, 0.05) is 56.1 Å². The zero-order valence-corrected chi connectivity index (χ0v) is 42.5. The van der Waals surface area contributed by atoms with Crippen LogP contribution in [0.2, 0.25) is 0 Å². The molecule has 0 aliphatic carbocycles. The molecule has 2 aliphatic rings. The van der Waals surface area contributed by atoms with Gasteiger partial charge in [0.2, 0.25) is 17.7 Å². The summed E-state index contributed by atoms with van der Waals surface area (Å²) in [5.74, 6) is -1.59. The number of aromatic nitrogens is 1. The van der Waals surface area contributed by atoms with Gasteiger partial charge in [-0.3, -0.25) is 28.9 Å². The Labute approximate surface area is 422 Å². The number of hydrogen-bond donors (Lipinski definition) is 3. The van der Waals surface area contributed by atoms with Gasteiger partial charge in [-0.1, -0.05) is 51.1 Å². The van der Waals surface area contributed by atoms with Gasteiger partial charge in [0.1, 0.15) is 29.2 Å². The van der Waals surface area contributed by atoms with Gasteiger partial charge in [-0.05, 0) is 112 Å². The highest BCUT2D eigenvalue weighted by Gasteiger charge is 2.50. The number of aliphatic hydroxyl groups excluding tert-OH is 1. The summed E-state index contributed by atoms with van der Waals surface area (Å²) in [6.07, 6.45) is -1.26. The largest absolute Gasteiger partial charge is 0.494 e. The molecule has 0 spiro atoms. The number of carbonyl (C=O) groups excluding carboxylic acids is 5. The number of nitrogens with zero attached hydrogens (tertiary/aromatic N) is 5. The number of hydrogen-bond acceptors (Lipinski definition) is 11. The van der Waals surface area contributed by atoms with E-state index in [4.69, 9.17) is 28.3 Å². The molecule has 19 heteroatoms. The molecule has 2 aliphatic heterocycles. The minimum absolute atomic E-state index is 0.0583. The number of aliphatic hydroxyl groups is 1. The highest BCUT2D eigenvalue weighted by Crippen LogP contribution is 2.40. The van der Waals surface area contributed by atoms with E-state index in [1.807, 2.05) is 31.2 Å². The highest BCUT2D eigenvalue weighted by atomic mass is 32.1. The van der Waals surface area contributed by atoms with Crippen molar-refractivity contribution in [2.45, 2.75) is 123 Å². The molecule has 1 aromatic heterocycles. The number of nitrogens with one attached hydrogen (secondary N) is 2. The van der Waals surface area contributed by atoms with Crippen LogP contribution in [0.15, 0.2) is 72.2 Å². The van der Waals surface area contributed by atoms with Crippen LogP contribution in [0.4, 0.5) is 25.8 Å². The Morgan fingerprint density at radius 3 is 2.31 bits per heavy atom. The van der Waals surface area contributed by atoms with Gasteiger partial charge in [-0.2, -0.15) is 0 Å². The second-order valence-corrected chi connectivity index (χ2v) is 20.5. The molecule has 15 nitrogen and oxygen atoms in total. The van der Waals surface area contributed by atoms with Crippen LogP contribution in [0.1, 0.15) is 103 Å². The quantitative estimate of drug-likeness (QED) is 0.0298. The van der Waals surface area contributed by atoms with Crippen LogP contribution >= 0.6 is 23.6 Å². The van der Waals surface area contributed by atoms with Crippen molar-refractivity contribution < 1.29 is 47.3 Å². The van der Waals surface area contributed by atoms with Crippen LogP contribution in [0.25, 0.3) is 15.3 Å². The molecule has 3 atom stereocenters. The number of β-amino-alcohol motifs (C(OH)–C–C–N with tert-alkyl or cyclic N) is 1. The number of carbonyl (C=O) groups is 5. The lowest BCUT2D eigenvalue weighted by molar-refractivity contribution is -0.144. The van der Waals surface area contributed by atoms with Gasteiger partial charge in [-0.15, -0.1) is 11.3 Å². The van der Waals surface area contributed by atoms with Gasteiger partial charge in [0.25, 0.3) is 12.3 Å². The average Bonchev–Trinajstić information content (AvgIpc) is 3.99. The lowest BCUT2D eigenvalue weighted by Gasteiger charge is -2.35. The molecule has 3 aromatic carbocycles. The molecule has 0 saturated carbocycles. The first-order valence-electron chi connectivity index (χ1n) is 23.6. The molecule has 0 unspecified atom stereocenters. The second-order valence-electron chi connectivity index (χ2n) is 19.3. The topological polar surface area (TPSA) is 175 Å². The number of amides is 4. The molecule has 4 aromatic rings. The molecular formula is C52H61F2N7O8S2. The van der Waals surface area contributed by atoms with E-state index in [2.05, 4.69) is 20.5 Å². The molecule has 3 heterocycles. The molecule has 71 heavy (non-hydrogen) atoms. The predicted molar refractivity (Wildman–Crippen MR) is 271 cm³/mol. The van der Waals surface area contributed by atoms with E-state index >= 15 is 0 Å². The van der Waals surface area contributed by atoms with Crippen molar-refractivity contribution in [3.63, 3.8) is 0 Å². The first kappa shape index (κ1) is 54.1. The molecule has 6 rings (SSSR count). The maximum absolute atomic E-state index is 14.0. The monoisotopic (exact) mass is 1010 g/mol. The van der Waals surface area contributed by atoms with Gasteiger partial charge >= 0.3 is 0 Å².